The van der Waals surface area contributed by atoms with Crippen molar-refractivity contribution >= 4 is 17.6 Å². The topological polar surface area (TPSA) is 83.1 Å². The number of ether oxygens (including phenoxy) is 2. The summed E-state index contributed by atoms with van der Waals surface area (Å²) in [4.78, 5) is 29.1. The smallest absolute Gasteiger partial charge is 0.319 e. The highest BCUT2D eigenvalue weighted by atomic mass is 19.2. The molecule has 3 amide bonds. The number of carbonyl (C=O) groups is 2. The van der Waals surface area contributed by atoms with Crippen molar-refractivity contribution in [2.75, 3.05) is 46.7 Å². The van der Waals surface area contributed by atoms with Crippen LogP contribution in [0, 0.1) is 11.6 Å². The first-order chi connectivity index (χ1) is 17.7. The molecule has 200 valence electrons. The van der Waals surface area contributed by atoms with Gasteiger partial charge in [-0.1, -0.05) is 6.07 Å². The van der Waals surface area contributed by atoms with Crippen LogP contribution in [0.4, 0.5) is 19.3 Å². The molecule has 1 heterocycles. The van der Waals surface area contributed by atoms with Gasteiger partial charge in [-0.2, -0.15) is 0 Å². The molecule has 2 aromatic rings. The van der Waals surface area contributed by atoms with Crippen molar-refractivity contribution in [1.82, 2.24) is 15.1 Å². The number of likely N-dealkylation sites (tertiary alicyclic amines) is 1. The van der Waals surface area contributed by atoms with E-state index in [1.165, 1.54) is 6.07 Å². The normalized spacial score (nSPS) is 23.2. The minimum atomic E-state index is -1.03. The number of anilines is 1. The van der Waals surface area contributed by atoms with Gasteiger partial charge in [-0.15, -0.1) is 0 Å². The number of hydrogen-bond donors (Lipinski definition) is 2. The number of hydrogen-bond acceptors (Lipinski definition) is 5. The van der Waals surface area contributed by atoms with Gasteiger partial charge in [0.15, 0.2) is 23.1 Å². The van der Waals surface area contributed by atoms with Gasteiger partial charge in [-0.05, 0) is 62.1 Å². The Bertz CT molecular complexity index is 1160. The summed E-state index contributed by atoms with van der Waals surface area (Å²) >= 11 is 0. The van der Waals surface area contributed by atoms with Crippen LogP contribution in [-0.2, 0) is 10.2 Å². The van der Waals surface area contributed by atoms with Crippen molar-refractivity contribution in [1.29, 1.82) is 0 Å². The number of benzene rings is 2. The molecule has 1 saturated carbocycles. The van der Waals surface area contributed by atoms with E-state index in [1.54, 1.807) is 33.2 Å². The molecule has 1 aliphatic carbocycles. The van der Waals surface area contributed by atoms with Gasteiger partial charge in [0.25, 0.3) is 0 Å². The van der Waals surface area contributed by atoms with Gasteiger partial charge in [-0.3, -0.25) is 9.69 Å². The quantitative estimate of drug-likeness (QED) is 0.586. The zero-order valence-electron chi connectivity index (χ0n) is 21.6. The van der Waals surface area contributed by atoms with Gasteiger partial charge in [0.1, 0.15) is 0 Å². The van der Waals surface area contributed by atoms with Crippen molar-refractivity contribution in [3.05, 3.63) is 53.6 Å². The second-order valence-corrected chi connectivity index (χ2v) is 9.95. The highest BCUT2D eigenvalue weighted by Crippen LogP contribution is 2.50. The molecular formula is C27H34F2N4O4. The molecule has 3 atom stereocenters. The van der Waals surface area contributed by atoms with E-state index in [0.717, 1.165) is 43.5 Å². The summed E-state index contributed by atoms with van der Waals surface area (Å²) in [7, 11) is 6.70. The predicted molar refractivity (Wildman–Crippen MR) is 136 cm³/mol. The lowest BCUT2D eigenvalue weighted by Gasteiger charge is -2.45. The van der Waals surface area contributed by atoms with Crippen molar-refractivity contribution in [3.8, 4) is 11.5 Å². The van der Waals surface area contributed by atoms with Crippen LogP contribution < -0.4 is 20.1 Å². The van der Waals surface area contributed by atoms with E-state index >= 15 is 0 Å². The third-order valence-electron chi connectivity index (χ3n) is 7.68. The molecule has 37 heavy (non-hydrogen) atoms. The third-order valence-corrected chi connectivity index (χ3v) is 7.68. The van der Waals surface area contributed by atoms with Gasteiger partial charge in [0.05, 0.1) is 20.8 Å². The van der Waals surface area contributed by atoms with Crippen LogP contribution in [0.1, 0.15) is 31.2 Å². The van der Waals surface area contributed by atoms with E-state index in [4.69, 9.17) is 9.47 Å². The highest BCUT2D eigenvalue weighted by molar-refractivity contribution is 5.89. The third kappa shape index (κ3) is 5.49. The fourth-order valence-electron chi connectivity index (χ4n) is 5.69. The molecule has 1 aliphatic heterocycles. The molecule has 0 aromatic heterocycles. The minimum absolute atomic E-state index is 0.0109. The van der Waals surface area contributed by atoms with E-state index in [9.17, 15) is 18.4 Å². The zero-order valence-corrected chi connectivity index (χ0v) is 21.6. The summed E-state index contributed by atoms with van der Waals surface area (Å²) < 4.78 is 37.8. The SMILES string of the molecule is COc1ccc([C@@]23CC[C@H](NC(=O)Nc4ccc(F)c(F)c4)C[C@H]2N(CC(=O)N(C)C)CC3)cc1OC. The van der Waals surface area contributed by atoms with Crippen LogP contribution in [0.25, 0.3) is 0 Å². The minimum Gasteiger partial charge on any atom is -0.493 e. The Morgan fingerprint density at radius 1 is 1.05 bits per heavy atom. The summed E-state index contributed by atoms with van der Waals surface area (Å²) in [6.07, 6.45) is 3.04. The first-order valence-electron chi connectivity index (χ1n) is 12.4. The van der Waals surface area contributed by atoms with E-state index < -0.39 is 17.7 Å². The maximum absolute atomic E-state index is 13.5. The largest absolute Gasteiger partial charge is 0.493 e. The standard InChI is InChI=1S/C27H34F2N4O4/c1-32(2)25(34)16-33-12-11-27(17-5-8-22(36-3)23(13-17)37-4)10-9-19(15-24(27)33)31-26(35)30-18-6-7-20(28)21(29)14-18/h5-8,13-14,19,24H,9-12,15-16H2,1-4H3,(H2,30,31,35)/t19-,24+,27-/m0/s1. The lowest BCUT2D eigenvalue weighted by atomic mass is 9.65. The first kappa shape index (κ1) is 26.7. The molecule has 2 fully saturated rings. The second-order valence-electron chi connectivity index (χ2n) is 9.95. The first-order valence-corrected chi connectivity index (χ1v) is 12.4. The Kier molecular flexibility index (Phi) is 7.87. The van der Waals surface area contributed by atoms with Gasteiger partial charge in [-0.25, -0.2) is 13.6 Å². The Labute approximate surface area is 215 Å². The average Bonchev–Trinajstić information content (AvgIpc) is 3.24. The fraction of sp³-hybridized carbons (Fsp3) is 0.481. The molecule has 0 radical (unpaired) electrons. The average molecular weight is 517 g/mol. The molecule has 10 heteroatoms. The number of likely N-dealkylation sites (N-methyl/N-ethyl adjacent to an activating group) is 1. The highest BCUT2D eigenvalue weighted by Gasteiger charge is 2.52. The van der Waals surface area contributed by atoms with Crippen LogP contribution in [0.15, 0.2) is 36.4 Å². The second kappa shape index (κ2) is 10.9. The summed E-state index contributed by atoms with van der Waals surface area (Å²) in [6, 6.07) is 8.60. The molecule has 0 bridgehead atoms. The molecular weight excluding hydrogens is 482 g/mol. The zero-order chi connectivity index (χ0) is 26.7. The summed E-state index contributed by atoms with van der Waals surface area (Å²) in [6.45, 7) is 1.05. The number of halogens is 2. The number of fused-ring (bicyclic) bond motifs is 1. The Morgan fingerprint density at radius 3 is 2.49 bits per heavy atom. The number of rotatable bonds is 7. The maximum atomic E-state index is 13.5. The molecule has 4 rings (SSSR count). The van der Waals surface area contributed by atoms with Crippen LogP contribution in [0.5, 0.6) is 11.5 Å². The van der Waals surface area contributed by atoms with Crippen LogP contribution in [-0.4, -0.2) is 75.2 Å². The van der Waals surface area contributed by atoms with Crippen LogP contribution >= 0.6 is 0 Å². The van der Waals surface area contributed by atoms with Crippen molar-refractivity contribution in [3.63, 3.8) is 0 Å². The van der Waals surface area contributed by atoms with Crippen LogP contribution in [0.2, 0.25) is 0 Å². The molecule has 2 N–H and O–H groups in total. The summed E-state index contributed by atoms with van der Waals surface area (Å²) in [5.41, 5.74) is 1.09. The maximum Gasteiger partial charge on any atom is 0.319 e. The Balaban J connectivity index is 1.55. The van der Waals surface area contributed by atoms with E-state index in [1.807, 2.05) is 12.1 Å². The number of nitrogens with zero attached hydrogens (tertiary/aromatic N) is 2. The van der Waals surface area contributed by atoms with E-state index in [2.05, 4.69) is 21.6 Å². The Hall–Kier alpha value is -3.40. The van der Waals surface area contributed by atoms with Gasteiger partial charge >= 0.3 is 6.03 Å². The number of urea groups is 1. The van der Waals surface area contributed by atoms with Crippen molar-refractivity contribution < 1.29 is 27.8 Å². The van der Waals surface area contributed by atoms with Crippen LogP contribution in [0.3, 0.4) is 0 Å². The predicted octanol–water partition coefficient (Wildman–Crippen LogP) is 3.76. The molecule has 2 aliphatic rings. The van der Waals surface area contributed by atoms with Gasteiger partial charge in [0.2, 0.25) is 5.91 Å². The van der Waals surface area contributed by atoms with E-state index in [0.29, 0.717) is 24.5 Å². The lowest BCUT2D eigenvalue weighted by Crippen LogP contribution is -2.54. The molecule has 0 spiro atoms. The summed E-state index contributed by atoms with van der Waals surface area (Å²) in [5, 5.41) is 5.57. The number of nitrogens with one attached hydrogen (secondary N) is 2. The Morgan fingerprint density at radius 2 is 1.81 bits per heavy atom. The molecule has 8 nitrogen and oxygen atoms in total. The number of amides is 3. The van der Waals surface area contributed by atoms with E-state index in [-0.39, 0.29) is 29.1 Å². The molecule has 1 saturated heterocycles. The van der Waals surface area contributed by atoms with Crippen molar-refractivity contribution in [2.24, 2.45) is 0 Å². The lowest BCUT2D eigenvalue weighted by molar-refractivity contribution is -0.130. The molecule has 0 unspecified atom stereocenters. The van der Waals surface area contributed by atoms with Gasteiger partial charge < -0.3 is 25.0 Å². The summed E-state index contributed by atoms with van der Waals surface area (Å²) in [5.74, 6) is -0.668. The number of carbonyl (C=O) groups excluding carboxylic acids is 2. The van der Waals surface area contributed by atoms with Gasteiger partial charge in [0, 0.05) is 43.3 Å². The molecule has 2 aromatic carbocycles. The fourth-order valence-corrected chi connectivity index (χ4v) is 5.69. The van der Waals surface area contributed by atoms with Crippen molar-refractivity contribution in [2.45, 2.75) is 43.2 Å². The number of methoxy groups -OCH3 is 2. The monoisotopic (exact) mass is 516 g/mol.